The predicted molar refractivity (Wildman–Crippen MR) is 184 cm³/mol. The van der Waals surface area contributed by atoms with E-state index in [1.165, 1.54) is 5.56 Å². The molecule has 1 heterocycles. The van der Waals surface area contributed by atoms with Gasteiger partial charge in [0.05, 0.1) is 22.7 Å². The number of hydrogen-bond donors (Lipinski definition) is 2. The highest BCUT2D eigenvalue weighted by molar-refractivity contribution is 6.37. The number of halogens is 3. The van der Waals surface area contributed by atoms with Gasteiger partial charge >= 0.3 is 0 Å². The van der Waals surface area contributed by atoms with Crippen molar-refractivity contribution >= 4 is 46.3 Å². The third-order valence-electron chi connectivity index (χ3n) is 8.31. The number of amides is 1. The van der Waals surface area contributed by atoms with E-state index in [1.54, 1.807) is 19.2 Å². The van der Waals surface area contributed by atoms with Gasteiger partial charge in [-0.2, -0.15) is 0 Å². The predicted octanol–water partition coefficient (Wildman–Crippen LogP) is 7.29. The molecule has 0 saturated heterocycles. The number of nitrogens with one attached hydrogen (secondary N) is 1. The highest BCUT2D eigenvalue weighted by atomic mass is 35.5. The van der Waals surface area contributed by atoms with Crippen LogP contribution in [0, 0.1) is 6.92 Å². The largest absolute Gasteiger partial charge is 0.490 e. The van der Waals surface area contributed by atoms with Crippen LogP contribution >= 0.6 is 34.8 Å². The lowest BCUT2D eigenvalue weighted by Crippen LogP contribution is -2.46. The molecule has 46 heavy (non-hydrogen) atoms. The fourth-order valence-electron chi connectivity index (χ4n) is 5.85. The van der Waals surface area contributed by atoms with Crippen LogP contribution < -0.4 is 14.8 Å². The van der Waals surface area contributed by atoms with Crippen molar-refractivity contribution in [2.24, 2.45) is 0 Å². The van der Waals surface area contributed by atoms with Crippen LogP contribution in [-0.2, 0) is 22.5 Å². The number of carbonyl (C=O) groups is 1. The molecule has 2 N–H and O–H groups in total. The van der Waals surface area contributed by atoms with Gasteiger partial charge in [-0.05, 0) is 104 Å². The molecule has 1 saturated carbocycles. The highest BCUT2D eigenvalue weighted by Gasteiger charge is 2.38. The van der Waals surface area contributed by atoms with Gasteiger partial charge in [-0.1, -0.05) is 59.1 Å². The van der Waals surface area contributed by atoms with Gasteiger partial charge in [0.2, 0.25) is 0 Å². The zero-order valence-electron chi connectivity index (χ0n) is 26.3. The number of aryl methyl sites for hydroxylation is 2. The molecule has 0 bridgehead atoms. The lowest BCUT2D eigenvalue weighted by atomic mass is 9.88. The SMILES string of the molecule is COCCCc1ccc(Cl)c(CN(C(=O)C2=C(c3ccc(OCCOc4c(Cl)cc(C)cc4Cl)cc3)CCN[C@@H]2CO)C2CC2)c1. The maximum absolute atomic E-state index is 14.4. The van der Waals surface area contributed by atoms with Crippen molar-refractivity contribution in [2.45, 2.75) is 57.7 Å². The van der Waals surface area contributed by atoms with Crippen molar-refractivity contribution in [3.63, 3.8) is 0 Å². The second kappa shape index (κ2) is 16.4. The van der Waals surface area contributed by atoms with Gasteiger partial charge in [0.1, 0.15) is 19.0 Å². The summed E-state index contributed by atoms with van der Waals surface area (Å²) in [6.45, 7) is 4.10. The summed E-state index contributed by atoms with van der Waals surface area (Å²) in [4.78, 5) is 16.3. The van der Waals surface area contributed by atoms with E-state index in [0.29, 0.717) is 64.9 Å². The average Bonchev–Trinajstić information content (AvgIpc) is 3.89. The quantitative estimate of drug-likeness (QED) is 0.164. The number of aliphatic hydroxyl groups is 1. The molecule has 10 heteroatoms. The van der Waals surface area contributed by atoms with Crippen LogP contribution in [0.3, 0.4) is 0 Å². The molecule has 1 fully saturated rings. The van der Waals surface area contributed by atoms with E-state index in [4.69, 9.17) is 49.0 Å². The normalized spacial score (nSPS) is 16.4. The third-order valence-corrected chi connectivity index (χ3v) is 9.24. The fourth-order valence-corrected chi connectivity index (χ4v) is 6.73. The van der Waals surface area contributed by atoms with Crippen molar-refractivity contribution in [1.29, 1.82) is 0 Å². The van der Waals surface area contributed by atoms with Crippen LogP contribution in [0.15, 0.2) is 60.2 Å². The molecular formula is C36H41Cl3N2O5. The Balaban J connectivity index is 1.31. The maximum atomic E-state index is 14.4. The molecule has 3 aromatic carbocycles. The second-order valence-corrected chi connectivity index (χ2v) is 13.0. The maximum Gasteiger partial charge on any atom is 0.252 e. The highest BCUT2D eigenvalue weighted by Crippen LogP contribution is 2.36. The Bertz CT molecular complexity index is 1520. The minimum atomic E-state index is -0.457. The molecule has 0 radical (unpaired) electrons. The number of nitrogens with zero attached hydrogens (tertiary/aromatic N) is 1. The minimum absolute atomic E-state index is 0.0597. The van der Waals surface area contributed by atoms with Crippen LogP contribution in [0.25, 0.3) is 5.57 Å². The van der Waals surface area contributed by atoms with E-state index < -0.39 is 6.04 Å². The first-order valence-electron chi connectivity index (χ1n) is 15.7. The number of benzene rings is 3. The Morgan fingerprint density at radius 3 is 2.35 bits per heavy atom. The summed E-state index contributed by atoms with van der Waals surface area (Å²) in [5.41, 5.74) is 5.54. The van der Waals surface area contributed by atoms with Gasteiger partial charge in [-0.15, -0.1) is 0 Å². The number of ether oxygens (including phenoxy) is 3. The molecule has 3 aromatic rings. The van der Waals surface area contributed by atoms with Crippen molar-refractivity contribution < 1.29 is 24.1 Å². The van der Waals surface area contributed by atoms with Crippen LogP contribution in [0.4, 0.5) is 0 Å². The lowest BCUT2D eigenvalue weighted by molar-refractivity contribution is -0.128. The number of methoxy groups -OCH3 is 1. The van der Waals surface area contributed by atoms with Crippen LogP contribution in [0.1, 0.15) is 47.9 Å². The Morgan fingerprint density at radius 2 is 1.67 bits per heavy atom. The Kier molecular flexibility index (Phi) is 12.3. The summed E-state index contributed by atoms with van der Waals surface area (Å²) < 4.78 is 16.9. The van der Waals surface area contributed by atoms with Crippen LogP contribution in [0.2, 0.25) is 15.1 Å². The number of rotatable bonds is 15. The van der Waals surface area contributed by atoms with E-state index >= 15 is 0 Å². The van der Waals surface area contributed by atoms with Crippen molar-refractivity contribution in [3.8, 4) is 11.5 Å². The van der Waals surface area contributed by atoms with Crippen molar-refractivity contribution in [3.05, 3.63) is 97.5 Å². The Labute approximate surface area is 286 Å². The van der Waals surface area contributed by atoms with E-state index in [9.17, 15) is 9.90 Å². The summed E-state index contributed by atoms with van der Waals surface area (Å²) in [6.07, 6.45) is 4.36. The average molecular weight is 688 g/mol. The van der Waals surface area contributed by atoms with Crippen LogP contribution in [0.5, 0.6) is 11.5 Å². The molecule has 1 aliphatic carbocycles. The lowest BCUT2D eigenvalue weighted by Gasteiger charge is -2.33. The van der Waals surface area contributed by atoms with Gasteiger partial charge in [-0.25, -0.2) is 0 Å². The van der Waals surface area contributed by atoms with E-state index in [1.807, 2.05) is 48.2 Å². The van der Waals surface area contributed by atoms with Crippen molar-refractivity contribution in [1.82, 2.24) is 10.2 Å². The van der Waals surface area contributed by atoms with Gasteiger partial charge in [-0.3, -0.25) is 4.79 Å². The molecule has 1 aliphatic heterocycles. The van der Waals surface area contributed by atoms with Gasteiger partial charge in [0.15, 0.2) is 5.75 Å². The third kappa shape index (κ3) is 8.77. The molecule has 1 amide bonds. The summed E-state index contributed by atoms with van der Waals surface area (Å²) in [5, 5.41) is 15.3. The molecule has 0 unspecified atom stereocenters. The zero-order chi connectivity index (χ0) is 32.6. The molecular weight excluding hydrogens is 647 g/mol. The van der Waals surface area contributed by atoms with Gasteiger partial charge < -0.3 is 29.5 Å². The molecule has 2 aliphatic rings. The monoisotopic (exact) mass is 686 g/mol. The standard InChI is InChI=1S/C36H41Cl3N2O5/c1-23-18-31(38)35(32(39)19-23)46-17-16-45-28-10-6-25(7-11-28)29-13-14-40-33(22-42)34(29)36(43)41(27-8-9-27)21-26-20-24(4-3-15-44-2)5-12-30(26)37/h5-7,10-12,18-20,27,33,40,42H,3-4,8-9,13-17,21-22H2,1-2H3/t33-/m1/s1. The first-order valence-corrected chi connectivity index (χ1v) is 16.9. The van der Waals surface area contributed by atoms with Gasteiger partial charge in [0.25, 0.3) is 5.91 Å². The van der Waals surface area contributed by atoms with Crippen molar-refractivity contribution in [2.75, 3.05) is 40.1 Å². The molecule has 5 rings (SSSR count). The molecule has 1 atom stereocenters. The summed E-state index contributed by atoms with van der Waals surface area (Å²) in [6, 6.07) is 17.1. The summed E-state index contributed by atoms with van der Waals surface area (Å²) >= 11 is 19.2. The molecule has 246 valence electrons. The first-order chi connectivity index (χ1) is 22.3. The van der Waals surface area contributed by atoms with E-state index in [-0.39, 0.29) is 25.2 Å². The van der Waals surface area contributed by atoms with E-state index in [2.05, 4.69) is 11.4 Å². The second-order valence-electron chi connectivity index (χ2n) is 11.8. The zero-order valence-corrected chi connectivity index (χ0v) is 28.6. The molecule has 0 spiro atoms. The topological polar surface area (TPSA) is 80.3 Å². The Morgan fingerprint density at radius 1 is 0.957 bits per heavy atom. The fraction of sp³-hybridized carbons (Fsp3) is 0.417. The summed E-state index contributed by atoms with van der Waals surface area (Å²) in [5.74, 6) is 1.06. The van der Waals surface area contributed by atoms with Gasteiger partial charge in [0, 0.05) is 36.9 Å². The Hall–Kier alpha value is -2.78. The van der Waals surface area contributed by atoms with Crippen LogP contribution in [-0.4, -0.2) is 68.1 Å². The summed E-state index contributed by atoms with van der Waals surface area (Å²) in [7, 11) is 1.70. The number of carbonyl (C=O) groups excluding carboxylic acids is 1. The molecule has 0 aromatic heterocycles. The smallest absolute Gasteiger partial charge is 0.252 e. The number of hydrogen-bond acceptors (Lipinski definition) is 6. The molecule has 7 nitrogen and oxygen atoms in total. The number of aliphatic hydroxyl groups excluding tert-OH is 1. The van der Waals surface area contributed by atoms with E-state index in [0.717, 1.165) is 47.9 Å². The minimum Gasteiger partial charge on any atom is -0.490 e. The first kappa shape index (κ1) is 34.6.